The standard InChI is InChI=1S/C18H23ClN2O2/c19-15-10-9-14(20-17(22)12-5-1-2-6-12)11-16(15)21-18(23)13-7-3-4-8-13/h9-13H,1-8H2,(H,20,22)(H,21,23). The lowest BCUT2D eigenvalue weighted by Gasteiger charge is -2.14. The molecule has 2 fully saturated rings. The molecule has 2 N–H and O–H groups in total. The highest BCUT2D eigenvalue weighted by Gasteiger charge is 2.24. The third-order valence-corrected chi connectivity index (χ3v) is 5.27. The fourth-order valence-electron chi connectivity index (χ4n) is 3.55. The second-order valence-corrected chi connectivity index (χ2v) is 7.04. The molecule has 2 amide bonds. The number of rotatable bonds is 4. The molecule has 0 unspecified atom stereocenters. The molecule has 2 aliphatic carbocycles. The van der Waals surface area contributed by atoms with E-state index in [1.54, 1.807) is 18.2 Å². The van der Waals surface area contributed by atoms with Crippen molar-refractivity contribution in [1.82, 2.24) is 0 Å². The number of halogens is 1. The van der Waals surface area contributed by atoms with Gasteiger partial charge in [-0.05, 0) is 43.9 Å². The van der Waals surface area contributed by atoms with Crippen LogP contribution in [0.25, 0.3) is 0 Å². The smallest absolute Gasteiger partial charge is 0.227 e. The van der Waals surface area contributed by atoms with Crippen LogP contribution in [0.2, 0.25) is 5.02 Å². The molecule has 124 valence electrons. The lowest BCUT2D eigenvalue weighted by atomic mass is 10.1. The van der Waals surface area contributed by atoms with Gasteiger partial charge in [0.05, 0.1) is 10.7 Å². The van der Waals surface area contributed by atoms with Crippen LogP contribution in [-0.2, 0) is 9.59 Å². The summed E-state index contributed by atoms with van der Waals surface area (Å²) in [6, 6.07) is 5.25. The number of carbonyl (C=O) groups is 2. The fraction of sp³-hybridized carbons (Fsp3) is 0.556. The quantitative estimate of drug-likeness (QED) is 0.845. The van der Waals surface area contributed by atoms with E-state index in [9.17, 15) is 9.59 Å². The van der Waals surface area contributed by atoms with Gasteiger partial charge in [-0.15, -0.1) is 0 Å². The number of amides is 2. The molecule has 0 aliphatic heterocycles. The molecular formula is C18H23ClN2O2. The molecule has 0 atom stereocenters. The van der Waals surface area contributed by atoms with Crippen LogP contribution < -0.4 is 10.6 Å². The lowest BCUT2D eigenvalue weighted by Crippen LogP contribution is -2.22. The van der Waals surface area contributed by atoms with Gasteiger partial charge in [-0.25, -0.2) is 0 Å². The zero-order chi connectivity index (χ0) is 16.2. The van der Waals surface area contributed by atoms with E-state index in [1.165, 1.54) is 0 Å². The average Bonchev–Trinajstić information content (AvgIpc) is 3.23. The summed E-state index contributed by atoms with van der Waals surface area (Å²) in [4.78, 5) is 24.5. The van der Waals surface area contributed by atoms with Gasteiger partial charge in [0.25, 0.3) is 0 Å². The van der Waals surface area contributed by atoms with Crippen LogP contribution in [0.5, 0.6) is 0 Å². The topological polar surface area (TPSA) is 58.2 Å². The fourth-order valence-corrected chi connectivity index (χ4v) is 3.72. The maximum absolute atomic E-state index is 12.3. The first-order valence-corrected chi connectivity index (χ1v) is 8.92. The molecule has 0 aromatic heterocycles. The largest absolute Gasteiger partial charge is 0.326 e. The van der Waals surface area contributed by atoms with Crippen molar-refractivity contribution < 1.29 is 9.59 Å². The van der Waals surface area contributed by atoms with Crippen molar-refractivity contribution in [3.63, 3.8) is 0 Å². The van der Waals surface area contributed by atoms with Crippen molar-refractivity contribution in [3.05, 3.63) is 23.2 Å². The molecular weight excluding hydrogens is 312 g/mol. The summed E-state index contributed by atoms with van der Waals surface area (Å²) in [7, 11) is 0. The Morgan fingerprint density at radius 3 is 1.96 bits per heavy atom. The van der Waals surface area contributed by atoms with E-state index >= 15 is 0 Å². The van der Waals surface area contributed by atoms with Crippen LogP contribution in [0, 0.1) is 11.8 Å². The number of hydrogen-bond donors (Lipinski definition) is 2. The number of anilines is 2. The normalized spacial score (nSPS) is 19.0. The second kappa shape index (κ2) is 7.35. The number of hydrogen-bond acceptors (Lipinski definition) is 2. The van der Waals surface area contributed by atoms with Gasteiger partial charge < -0.3 is 10.6 Å². The molecule has 0 radical (unpaired) electrons. The van der Waals surface area contributed by atoms with Crippen LogP contribution in [0.1, 0.15) is 51.4 Å². The third-order valence-electron chi connectivity index (χ3n) is 4.94. The van der Waals surface area contributed by atoms with E-state index < -0.39 is 0 Å². The Morgan fingerprint density at radius 2 is 1.39 bits per heavy atom. The first kappa shape index (κ1) is 16.3. The summed E-state index contributed by atoms with van der Waals surface area (Å²) in [6.45, 7) is 0. The van der Waals surface area contributed by atoms with E-state index in [-0.39, 0.29) is 23.7 Å². The van der Waals surface area contributed by atoms with Crippen molar-refractivity contribution in [3.8, 4) is 0 Å². The van der Waals surface area contributed by atoms with Gasteiger partial charge in [-0.3, -0.25) is 9.59 Å². The van der Waals surface area contributed by atoms with Crippen LogP contribution in [0.4, 0.5) is 11.4 Å². The SMILES string of the molecule is O=C(Nc1ccc(Cl)c(NC(=O)C2CCCC2)c1)C1CCCC1. The lowest BCUT2D eigenvalue weighted by molar-refractivity contribution is -0.120. The highest BCUT2D eigenvalue weighted by Crippen LogP contribution is 2.31. The molecule has 0 spiro atoms. The summed E-state index contributed by atoms with van der Waals surface area (Å²) in [5.74, 6) is 0.298. The van der Waals surface area contributed by atoms with Crippen molar-refractivity contribution in [2.45, 2.75) is 51.4 Å². The Balaban J connectivity index is 1.65. The first-order chi connectivity index (χ1) is 11.1. The molecule has 1 aromatic carbocycles. The van der Waals surface area contributed by atoms with Crippen molar-refractivity contribution in [2.75, 3.05) is 10.6 Å². The van der Waals surface area contributed by atoms with Gasteiger partial charge in [0.15, 0.2) is 0 Å². The highest BCUT2D eigenvalue weighted by molar-refractivity contribution is 6.33. The zero-order valence-corrected chi connectivity index (χ0v) is 14.0. The van der Waals surface area contributed by atoms with Gasteiger partial charge in [0.2, 0.25) is 11.8 Å². The van der Waals surface area contributed by atoms with Gasteiger partial charge in [0.1, 0.15) is 0 Å². The highest BCUT2D eigenvalue weighted by atomic mass is 35.5. The summed E-state index contributed by atoms with van der Waals surface area (Å²) >= 11 is 6.18. The second-order valence-electron chi connectivity index (χ2n) is 6.64. The van der Waals surface area contributed by atoms with Crippen molar-refractivity contribution in [2.24, 2.45) is 11.8 Å². The average molecular weight is 335 g/mol. The predicted octanol–water partition coefficient (Wildman–Crippen LogP) is 4.60. The molecule has 0 saturated heterocycles. The summed E-state index contributed by atoms with van der Waals surface area (Å²) in [5, 5.41) is 6.35. The van der Waals surface area contributed by atoms with Gasteiger partial charge in [-0.1, -0.05) is 37.3 Å². The monoisotopic (exact) mass is 334 g/mol. The molecule has 0 bridgehead atoms. The summed E-state index contributed by atoms with van der Waals surface area (Å²) in [5.41, 5.74) is 1.26. The Hall–Kier alpha value is -1.55. The number of nitrogens with one attached hydrogen (secondary N) is 2. The maximum Gasteiger partial charge on any atom is 0.227 e. The van der Waals surface area contributed by atoms with Crippen LogP contribution in [0.15, 0.2) is 18.2 Å². The van der Waals surface area contributed by atoms with Gasteiger partial charge in [0, 0.05) is 17.5 Å². The Morgan fingerprint density at radius 1 is 0.870 bits per heavy atom. The van der Waals surface area contributed by atoms with Crippen LogP contribution in [-0.4, -0.2) is 11.8 Å². The zero-order valence-electron chi connectivity index (χ0n) is 13.2. The Kier molecular flexibility index (Phi) is 5.21. The number of carbonyl (C=O) groups excluding carboxylic acids is 2. The molecule has 0 heterocycles. The van der Waals surface area contributed by atoms with Crippen molar-refractivity contribution in [1.29, 1.82) is 0 Å². The molecule has 4 nitrogen and oxygen atoms in total. The Labute approximate surface area is 142 Å². The molecule has 3 rings (SSSR count). The number of benzene rings is 1. The van der Waals surface area contributed by atoms with Gasteiger partial charge >= 0.3 is 0 Å². The van der Waals surface area contributed by atoms with Crippen LogP contribution in [0.3, 0.4) is 0 Å². The molecule has 5 heteroatoms. The van der Waals surface area contributed by atoms with Crippen molar-refractivity contribution >= 4 is 34.8 Å². The van der Waals surface area contributed by atoms with E-state index in [2.05, 4.69) is 10.6 Å². The van der Waals surface area contributed by atoms with E-state index in [1.807, 2.05) is 0 Å². The third kappa shape index (κ3) is 4.05. The molecule has 23 heavy (non-hydrogen) atoms. The first-order valence-electron chi connectivity index (χ1n) is 8.55. The van der Waals surface area contributed by atoms with Crippen LogP contribution >= 0.6 is 11.6 Å². The summed E-state index contributed by atoms with van der Waals surface area (Å²) in [6.07, 6.45) is 8.30. The minimum atomic E-state index is 0.0312. The van der Waals surface area contributed by atoms with E-state index in [0.717, 1.165) is 51.4 Å². The van der Waals surface area contributed by atoms with E-state index in [0.29, 0.717) is 16.4 Å². The predicted molar refractivity (Wildman–Crippen MR) is 92.6 cm³/mol. The maximum atomic E-state index is 12.3. The van der Waals surface area contributed by atoms with E-state index in [4.69, 9.17) is 11.6 Å². The minimum Gasteiger partial charge on any atom is -0.326 e. The molecule has 1 aromatic rings. The summed E-state index contributed by atoms with van der Waals surface area (Å²) < 4.78 is 0. The minimum absolute atomic E-state index is 0.0312. The van der Waals surface area contributed by atoms with Gasteiger partial charge in [-0.2, -0.15) is 0 Å². The Bertz CT molecular complexity index is 591. The molecule has 2 saturated carbocycles. The molecule has 2 aliphatic rings.